The van der Waals surface area contributed by atoms with Crippen molar-refractivity contribution in [2.75, 3.05) is 0 Å². The van der Waals surface area contributed by atoms with Gasteiger partial charge in [-0.05, 0) is 53.1 Å². The zero-order chi connectivity index (χ0) is 31.8. The van der Waals surface area contributed by atoms with E-state index in [9.17, 15) is 0 Å². The number of ether oxygens (including phenoxy) is 1. The van der Waals surface area contributed by atoms with Crippen LogP contribution < -0.4 is 13.9 Å². The van der Waals surface area contributed by atoms with Crippen molar-refractivity contribution in [1.82, 2.24) is 4.40 Å². The standard InChI is InChI=1S/C45H27N3O/c1-4-14-28(15-5-1)37-38(29-16-6-2-7-17-29)43-32-24-25-36-41-39(32)44-34(48(43)42(37)30-18-8-3-9-19-30)22-13-27-47(44)45(41)40-31(20-12-23-35(40)49-36)33-21-10-11-26-46(33)45/h1-27H/q+2. The monoisotopic (exact) mass is 625 g/mol. The molecule has 12 rings (SSSR count). The molecule has 3 aliphatic heterocycles. The van der Waals surface area contributed by atoms with Crippen LogP contribution in [-0.4, -0.2) is 4.40 Å². The minimum atomic E-state index is -0.612. The molecule has 0 bridgehead atoms. The number of hydrogen-bond donors (Lipinski definition) is 0. The first-order valence-electron chi connectivity index (χ1n) is 16.9. The highest BCUT2D eigenvalue weighted by atomic mass is 16.5. The van der Waals surface area contributed by atoms with E-state index in [1.165, 1.54) is 83.2 Å². The van der Waals surface area contributed by atoms with Crippen molar-refractivity contribution in [2.45, 2.75) is 5.66 Å². The van der Waals surface area contributed by atoms with Gasteiger partial charge in [0.1, 0.15) is 17.0 Å². The Bertz CT molecular complexity index is 2890. The second kappa shape index (κ2) is 8.88. The molecule has 49 heavy (non-hydrogen) atoms. The van der Waals surface area contributed by atoms with Crippen molar-refractivity contribution in [3.8, 4) is 56.3 Å². The average molecular weight is 626 g/mol. The molecule has 1 spiro atoms. The lowest BCUT2D eigenvalue weighted by Crippen LogP contribution is -2.71. The quantitative estimate of drug-likeness (QED) is 0.142. The lowest BCUT2D eigenvalue weighted by molar-refractivity contribution is -0.950. The van der Waals surface area contributed by atoms with Crippen LogP contribution >= 0.6 is 0 Å². The van der Waals surface area contributed by atoms with Crippen molar-refractivity contribution >= 4 is 27.3 Å². The zero-order valence-corrected chi connectivity index (χ0v) is 26.3. The molecule has 9 aromatic rings. The number of pyridine rings is 3. The molecule has 0 fully saturated rings. The van der Waals surface area contributed by atoms with Gasteiger partial charge in [0.05, 0.1) is 22.2 Å². The van der Waals surface area contributed by atoms with Crippen molar-refractivity contribution in [1.29, 1.82) is 0 Å². The van der Waals surface area contributed by atoms with Crippen LogP contribution in [0.5, 0.6) is 11.5 Å². The summed E-state index contributed by atoms with van der Waals surface area (Å²) in [5.41, 5.74) is 15.0. The fraction of sp³-hybridized carbons (Fsp3) is 0.0222. The third-order valence-electron chi connectivity index (χ3n) is 11.0. The molecule has 4 aromatic heterocycles. The fourth-order valence-electron chi connectivity index (χ4n) is 9.34. The molecule has 1 atom stereocenters. The van der Waals surface area contributed by atoms with Crippen molar-refractivity contribution in [3.63, 3.8) is 0 Å². The zero-order valence-electron chi connectivity index (χ0n) is 26.3. The molecule has 0 saturated heterocycles. The highest BCUT2D eigenvalue weighted by Crippen LogP contribution is 2.58. The van der Waals surface area contributed by atoms with Crippen LogP contribution in [0.4, 0.5) is 0 Å². The van der Waals surface area contributed by atoms with Gasteiger partial charge in [-0.15, -0.1) is 9.13 Å². The fourth-order valence-corrected chi connectivity index (χ4v) is 9.34. The Hall–Kier alpha value is -6.52. The van der Waals surface area contributed by atoms with Crippen LogP contribution in [0, 0.1) is 0 Å². The highest BCUT2D eigenvalue weighted by molar-refractivity contribution is 6.21. The van der Waals surface area contributed by atoms with Gasteiger partial charge < -0.3 is 9.14 Å². The van der Waals surface area contributed by atoms with Gasteiger partial charge in [-0.2, -0.15) is 0 Å². The van der Waals surface area contributed by atoms with Gasteiger partial charge in [0.15, 0.2) is 23.5 Å². The largest absolute Gasteiger partial charge is 0.456 e. The van der Waals surface area contributed by atoms with Crippen molar-refractivity contribution < 1.29 is 13.9 Å². The summed E-state index contributed by atoms with van der Waals surface area (Å²) in [5.74, 6) is 1.83. The van der Waals surface area contributed by atoms with E-state index in [1.807, 2.05) is 0 Å². The van der Waals surface area contributed by atoms with Gasteiger partial charge in [-0.3, -0.25) is 0 Å². The maximum Gasteiger partial charge on any atom is 0.425 e. The number of nitrogens with zero attached hydrogens (tertiary/aromatic N) is 3. The normalized spacial score (nSPS) is 16.0. The van der Waals surface area contributed by atoms with Gasteiger partial charge in [-0.1, -0.05) is 97.1 Å². The van der Waals surface area contributed by atoms with Crippen LogP contribution in [0.2, 0.25) is 0 Å². The van der Waals surface area contributed by atoms with E-state index < -0.39 is 5.66 Å². The van der Waals surface area contributed by atoms with Crippen LogP contribution in [0.15, 0.2) is 164 Å². The molecule has 5 aromatic carbocycles. The van der Waals surface area contributed by atoms with Gasteiger partial charge >= 0.3 is 5.66 Å². The van der Waals surface area contributed by atoms with Gasteiger partial charge in [0, 0.05) is 34.7 Å². The Balaban J connectivity index is 1.38. The molecule has 0 N–H and O–H groups in total. The molecule has 4 heteroatoms. The molecule has 0 amide bonds. The molecule has 0 radical (unpaired) electrons. The molecule has 0 saturated carbocycles. The van der Waals surface area contributed by atoms with E-state index in [1.54, 1.807) is 0 Å². The second-order valence-corrected chi connectivity index (χ2v) is 13.3. The van der Waals surface area contributed by atoms with Crippen LogP contribution in [0.3, 0.4) is 0 Å². The molecular formula is C45H27N3O+2. The minimum Gasteiger partial charge on any atom is -0.456 e. The third-order valence-corrected chi connectivity index (χ3v) is 11.0. The number of benzene rings is 5. The van der Waals surface area contributed by atoms with E-state index in [0.29, 0.717) is 0 Å². The van der Waals surface area contributed by atoms with Gasteiger partial charge in [0.25, 0.3) is 0 Å². The summed E-state index contributed by atoms with van der Waals surface area (Å²) in [6, 6.07) is 54.8. The van der Waals surface area contributed by atoms with Crippen LogP contribution in [0.25, 0.3) is 72.1 Å². The summed E-state index contributed by atoms with van der Waals surface area (Å²) in [7, 11) is 0. The third kappa shape index (κ3) is 2.89. The van der Waals surface area contributed by atoms with Crippen LogP contribution in [0.1, 0.15) is 11.1 Å². The Labute approximate surface area is 282 Å². The predicted octanol–water partition coefficient (Wildman–Crippen LogP) is 9.52. The minimum absolute atomic E-state index is 0.612. The lowest BCUT2D eigenvalue weighted by Gasteiger charge is -2.25. The smallest absolute Gasteiger partial charge is 0.425 e. The Kier molecular flexibility index (Phi) is 4.63. The summed E-state index contributed by atoms with van der Waals surface area (Å²) in [6.45, 7) is 0. The Morgan fingerprint density at radius 3 is 1.96 bits per heavy atom. The first-order chi connectivity index (χ1) is 24.4. The van der Waals surface area contributed by atoms with E-state index in [0.717, 1.165) is 11.5 Å². The molecule has 226 valence electrons. The lowest BCUT2D eigenvalue weighted by atomic mass is 9.86. The number of hydrogen-bond acceptors (Lipinski definition) is 1. The van der Waals surface area contributed by atoms with Gasteiger partial charge in [-0.25, -0.2) is 0 Å². The second-order valence-electron chi connectivity index (χ2n) is 13.3. The molecule has 1 unspecified atom stereocenters. The number of aromatic nitrogens is 3. The van der Waals surface area contributed by atoms with Crippen molar-refractivity contribution in [2.24, 2.45) is 0 Å². The maximum absolute atomic E-state index is 6.87. The summed E-state index contributed by atoms with van der Waals surface area (Å²) in [4.78, 5) is 0. The topological polar surface area (TPSA) is 21.4 Å². The first kappa shape index (κ1) is 25.6. The molecule has 3 aliphatic rings. The Morgan fingerprint density at radius 2 is 1.18 bits per heavy atom. The molecule has 7 heterocycles. The van der Waals surface area contributed by atoms with Crippen LogP contribution in [-0.2, 0) is 5.66 Å². The molecule has 0 aliphatic carbocycles. The Morgan fingerprint density at radius 1 is 0.510 bits per heavy atom. The summed E-state index contributed by atoms with van der Waals surface area (Å²) in [6.07, 6.45) is 4.52. The number of fused-ring (bicyclic) bond motifs is 5. The van der Waals surface area contributed by atoms with E-state index in [2.05, 4.69) is 178 Å². The molecular weight excluding hydrogens is 599 g/mol. The predicted molar refractivity (Wildman–Crippen MR) is 193 cm³/mol. The maximum atomic E-state index is 6.87. The first-order valence-corrected chi connectivity index (χ1v) is 16.9. The van der Waals surface area contributed by atoms with Gasteiger partial charge in [0.2, 0.25) is 11.2 Å². The van der Waals surface area contributed by atoms with E-state index in [-0.39, 0.29) is 0 Å². The summed E-state index contributed by atoms with van der Waals surface area (Å²) >= 11 is 0. The van der Waals surface area contributed by atoms with Crippen molar-refractivity contribution in [3.05, 3.63) is 175 Å². The molecule has 4 nitrogen and oxygen atoms in total. The highest BCUT2D eigenvalue weighted by Gasteiger charge is 2.70. The summed E-state index contributed by atoms with van der Waals surface area (Å²) in [5, 5.41) is 2.47. The van der Waals surface area contributed by atoms with E-state index >= 15 is 0 Å². The average Bonchev–Trinajstić information content (AvgIpc) is 3.80. The summed E-state index contributed by atoms with van der Waals surface area (Å²) < 4.78 is 14.4. The SMILES string of the molecule is c1ccc(-c2c(-c3ccccc3)c3c4ccc5c6c4c4c(ccc[n+]4C64c6c(cccc6-c6cccc[n+]64)O5)n3c2-c2ccccc2)cc1. The van der Waals surface area contributed by atoms with E-state index in [4.69, 9.17) is 4.74 Å². The number of rotatable bonds is 3.